The molecule has 1 heterocycles. The van der Waals surface area contributed by atoms with Crippen molar-refractivity contribution >= 4 is 39.9 Å². The van der Waals surface area contributed by atoms with E-state index in [1.807, 2.05) is 11.3 Å². The van der Waals surface area contributed by atoms with Crippen molar-refractivity contribution in [1.29, 1.82) is 0 Å². The first-order valence-corrected chi connectivity index (χ1v) is 12.0. The van der Waals surface area contributed by atoms with Crippen molar-refractivity contribution in [2.24, 2.45) is 0 Å². The molecule has 4 heteroatoms. The molecule has 0 saturated heterocycles. The lowest BCUT2D eigenvalue weighted by atomic mass is 10.0. The molecule has 0 fully saturated rings. The zero-order valence-electron chi connectivity index (χ0n) is 15.6. The minimum absolute atomic E-state index is 0.341. The van der Waals surface area contributed by atoms with Crippen LogP contribution in [0.3, 0.4) is 0 Å². The van der Waals surface area contributed by atoms with E-state index in [1.165, 1.54) is 86.4 Å². The zero-order chi connectivity index (χ0) is 18.2. The Morgan fingerprint density at radius 3 is 1.60 bits per heavy atom. The highest BCUT2D eigenvalue weighted by Crippen LogP contribution is 2.20. The Hall–Kier alpha value is -0.100. The molecule has 1 N–H and O–H groups in total. The molecule has 0 aliphatic carbocycles. The summed E-state index contributed by atoms with van der Waals surface area (Å²) >= 11 is 4.34. The molecule has 1 rings (SSSR count). The van der Waals surface area contributed by atoms with Gasteiger partial charge in [-0.05, 0) is 54.0 Å². The number of carbonyl (C=O) groups is 1. The number of thiophene rings is 1. The number of carboxylic acid groups (broad SMARTS) is 1. The van der Waals surface area contributed by atoms with Gasteiger partial charge in [0, 0.05) is 11.3 Å². The van der Waals surface area contributed by atoms with Gasteiger partial charge in [-0.3, -0.25) is 4.79 Å². The fourth-order valence-corrected chi connectivity index (χ4v) is 4.98. The Kier molecular flexibility index (Phi) is 14.8. The maximum atomic E-state index is 10.4. The maximum absolute atomic E-state index is 10.4. The highest BCUT2D eigenvalue weighted by atomic mass is 125. The predicted molar refractivity (Wildman–Crippen MR) is 118 cm³/mol. The van der Waals surface area contributed by atoms with E-state index in [1.54, 1.807) is 4.88 Å². The summed E-state index contributed by atoms with van der Waals surface area (Å²) in [5.41, 5.74) is 0. The Morgan fingerprint density at radius 1 is 0.760 bits per heavy atom. The summed E-state index contributed by atoms with van der Waals surface area (Å²) in [4.78, 5) is 11.9. The van der Waals surface area contributed by atoms with Crippen molar-refractivity contribution in [1.82, 2.24) is 0 Å². The molecule has 0 spiro atoms. The second-order valence-electron chi connectivity index (χ2n) is 7.05. The number of rotatable bonds is 17. The molecule has 0 unspecified atom stereocenters. The normalized spacial score (nSPS) is 11.1. The third-order valence-electron chi connectivity index (χ3n) is 4.69. The van der Waals surface area contributed by atoms with Gasteiger partial charge in [-0.25, -0.2) is 0 Å². The monoisotopic (exact) mass is 476 g/mol. The van der Waals surface area contributed by atoms with Crippen LogP contribution in [0.15, 0.2) is 12.1 Å². The number of aryl methyl sites for hydroxylation is 1. The second-order valence-corrected chi connectivity index (χ2v) is 10.1. The first-order chi connectivity index (χ1) is 12.2. The van der Waals surface area contributed by atoms with Crippen LogP contribution in [-0.2, 0) is 11.2 Å². The molecule has 25 heavy (non-hydrogen) atoms. The first kappa shape index (κ1) is 22.9. The van der Waals surface area contributed by atoms with Crippen LogP contribution in [0.4, 0.5) is 0 Å². The summed E-state index contributed by atoms with van der Waals surface area (Å²) in [7, 11) is 0. The molecule has 2 nitrogen and oxygen atoms in total. The standard InChI is InChI=1S/C21H35IO2S/c22-20-18-17-19(25-20)15-13-11-9-7-5-3-1-2-4-6-8-10-12-14-16-21(23)24/h17-18H,1-16H2,(H,23,24)/i22-2. The third kappa shape index (κ3) is 14.7. The fourth-order valence-electron chi connectivity index (χ4n) is 3.18. The highest BCUT2D eigenvalue weighted by Gasteiger charge is 1.99. The summed E-state index contributed by atoms with van der Waals surface area (Å²) < 4.78 is 1.41. The smallest absolute Gasteiger partial charge is 0.303 e. The van der Waals surface area contributed by atoms with Crippen molar-refractivity contribution in [3.05, 3.63) is 19.9 Å². The van der Waals surface area contributed by atoms with Gasteiger partial charge < -0.3 is 5.11 Å². The largest absolute Gasteiger partial charge is 0.481 e. The molecular weight excluding hydrogens is 441 g/mol. The second kappa shape index (κ2) is 16.1. The Morgan fingerprint density at radius 2 is 1.20 bits per heavy atom. The van der Waals surface area contributed by atoms with Crippen LogP contribution in [0, 0.1) is 2.88 Å². The molecule has 1 aromatic heterocycles. The Balaban J connectivity index is 1.71. The van der Waals surface area contributed by atoms with E-state index in [4.69, 9.17) is 5.11 Å². The summed E-state index contributed by atoms with van der Waals surface area (Å²) in [6.45, 7) is 0. The summed E-state index contributed by atoms with van der Waals surface area (Å²) in [5, 5.41) is 8.57. The van der Waals surface area contributed by atoms with E-state index >= 15 is 0 Å². The van der Waals surface area contributed by atoms with E-state index in [9.17, 15) is 4.79 Å². The molecule has 0 aromatic carbocycles. The van der Waals surface area contributed by atoms with Gasteiger partial charge in [-0.2, -0.15) is 0 Å². The highest BCUT2D eigenvalue weighted by molar-refractivity contribution is 14.1. The van der Waals surface area contributed by atoms with Crippen molar-refractivity contribution in [3.8, 4) is 0 Å². The van der Waals surface area contributed by atoms with Crippen LogP contribution in [0.25, 0.3) is 0 Å². The van der Waals surface area contributed by atoms with E-state index in [0.717, 1.165) is 12.8 Å². The molecule has 144 valence electrons. The molecule has 0 aliphatic heterocycles. The molecule has 0 aliphatic rings. The van der Waals surface area contributed by atoms with E-state index in [2.05, 4.69) is 34.7 Å². The van der Waals surface area contributed by atoms with Crippen molar-refractivity contribution < 1.29 is 9.90 Å². The SMILES string of the molecule is O=C(O)CCCCCCCCCCCCCCCCc1ccc([125I])s1. The van der Waals surface area contributed by atoms with Gasteiger partial charge in [0.1, 0.15) is 0 Å². The molecule has 0 saturated carbocycles. The summed E-state index contributed by atoms with van der Waals surface area (Å²) in [6, 6.07) is 4.50. The Labute approximate surface area is 171 Å². The molecule has 0 amide bonds. The lowest BCUT2D eigenvalue weighted by Crippen LogP contribution is -1.93. The van der Waals surface area contributed by atoms with Crippen molar-refractivity contribution in [3.63, 3.8) is 0 Å². The van der Waals surface area contributed by atoms with Crippen LogP contribution in [0.5, 0.6) is 0 Å². The van der Waals surface area contributed by atoms with Crippen LogP contribution >= 0.6 is 33.9 Å². The van der Waals surface area contributed by atoms with Gasteiger partial charge in [-0.1, -0.05) is 77.0 Å². The molecule has 0 bridgehead atoms. The van der Waals surface area contributed by atoms with Crippen LogP contribution in [0.2, 0.25) is 0 Å². The van der Waals surface area contributed by atoms with Gasteiger partial charge in [0.2, 0.25) is 0 Å². The number of unbranched alkanes of at least 4 members (excludes halogenated alkanes) is 13. The van der Waals surface area contributed by atoms with Gasteiger partial charge in [-0.15, -0.1) is 11.3 Å². The van der Waals surface area contributed by atoms with Crippen molar-refractivity contribution in [2.45, 2.75) is 103 Å². The number of carboxylic acids is 1. The Bertz CT molecular complexity index is 445. The molecule has 0 atom stereocenters. The predicted octanol–water partition coefficient (Wildman–Crippen LogP) is 7.83. The van der Waals surface area contributed by atoms with Crippen LogP contribution < -0.4 is 0 Å². The lowest BCUT2D eigenvalue weighted by Gasteiger charge is -2.03. The van der Waals surface area contributed by atoms with Gasteiger partial charge in [0.25, 0.3) is 0 Å². The van der Waals surface area contributed by atoms with Crippen LogP contribution in [0.1, 0.15) is 101 Å². The summed E-state index contributed by atoms with van der Waals surface area (Å²) in [5.74, 6) is -0.655. The quantitative estimate of drug-likeness (QED) is 0.184. The van der Waals surface area contributed by atoms with E-state index < -0.39 is 5.97 Å². The van der Waals surface area contributed by atoms with Gasteiger partial charge >= 0.3 is 5.97 Å². The number of hydrogen-bond acceptors (Lipinski definition) is 2. The minimum Gasteiger partial charge on any atom is -0.481 e. The van der Waals surface area contributed by atoms with E-state index in [0.29, 0.717) is 6.42 Å². The van der Waals surface area contributed by atoms with Crippen molar-refractivity contribution in [2.75, 3.05) is 0 Å². The van der Waals surface area contributed by atoms with Gasteiger partial charge in [0.15, 0.2) is 0 Å². The minimum atomic E-state index is -0.655. The molecule has 1 aromatic rings. The summed E-state index contributed by atoms with van der Waals surface area (Å²) in [6.07, 6.45) is 19.8. The fraction of sp³-hybridized carbons (Fsp3) is 0.762. The zero-order valence-corrected chi connectivity index (χ0v) is 18.6. The number of aliphatic carboxylic acids is 1. The third-order valence-corrected chi connectivity index (χ3v) is 6.65. The van der Waals surface area contributed by atoms with E-state index in [-0.39, 0.29) is 0 Å². The topological polar surface area (TPSA) is 37.3 Å². The lowest BCUT2D eigenvalue weighted by molar-refractivity contribution is -0.137. The average molecular weight is 476 g/mol. The molecular formula is C21H35IO2S. The molecule has 0 radical (unpaired) electrons. The number of hydrogen-bond donors (Lipinski definition) is 1. The first-order valence-electron chi connectivity index (χ1n) is 10.1. The average Bonchev–Trinajstić information content (AvgIpc) is 2.99. The van der Waals surface area contributed by atoms with Gasteiger partial charge in [0.05, 0.1) is 2.88 Å². The van der Waals surface area contributed by atoms with Crippen LogP contribution in [-0.4, -0.2) is 11.1 Å². The number of halogens is 1. The maximum Gasteiger partial charge on any atom is 0.303 e.